The van der Waals surface area contributed by atoms with Gasteiger partial charge in [0.2, 0.25) is 0 Å². The molecule has 0 aliphatic rings. The maximum Gasteiger partial charge on any atom is 2.00 e. The summed E-state index contributed by atoms with van der Waals surface area (Å²) < 4.78 is 5.88. The Morgan fingerprint density at radius 3 is 2.40 bits per heavy atom. The topological polar surface area (TPSA) is 9.23 Å². The molecule has 2 rings (SSSR count). The van der Waals surface area contributed by atoms with Crippen LogP contribution in [0.4, 0.5) is 0 Å². The minimum absolute atomic E-state index is 0. The number of benzene rings is 2. The zero-order valence-electron chi connectivity index (χ0n) is 12.3. The summed E-state index contributed by atoms with van der Waals surface area (Å²) >= 11 is 0. The summed E-state index contributed by atoms with van der Waals surface area (Å²) in [5, 5.41) is 0. The van der Waals surface area contributed by atoms with Crippen LogP contribution in [0.5, 0.6) is 5.75 Å². The van der Waals surface area contributed by atoms with Crippen LogP contribution in [0, 0.1) is 13.0 Å². The van der Waals surface area contributed by atoms with Gasteiger partial charge in [0.25, 0.3) is 0 Å². The van der Waals surface area contributed by atoms with E-state index in [0.717, 1.165) is 5.75 Å². The van der Waals surface area contributed by atoms with E-state index in [4.69, 9.17) is 4.74 Å². The van der Waals surface area contributed by atoms with E-state index in [2.05, 4.69) is 45.0 Å². The molecule has 102 valence electrons. The van der Waals surface area contributed by atoms with Crippen LogP contribution in [0.25, 0.3) is 0 Å². The third-order valence-corrected chi connectivity index (χ3v) is 2.92. The van der Waals surface area contributed by atoms with Crippen LogP contribution in [0.3, 0.4) is 0 Å². The van der Waals surface area contributed by atoms with Gasteiger partial charge in [-0.05, 0) is 5.56 Å². The van der Waals surface area contributed by atoms with E-state index in [1.54, 1.807) is 0 Å². The van der Waals surface area contributed by atoms with Gasteiger partial charge in [0.1, 0.15) is 6.61 Å². The average Bonchev–Trinajstić information content (AvgIpc) is 2.38. The van der Waals surface area contributed by atoms with Crippen molar-refractivity contribution >= 4 is 23.1 Å². The Balaban J connectivity index is 0.00000180. The number of hydrogen-bond acceptors (Lipinski definition) is 1. The van der Waals surface area contributed by atoms with Crippen molar-refractivity contribution in [3.63, 3.8) is 0 Å². The van der Waals surface area contributed by atoms with Crippen molar-refractivity contribution in [2.24, 2.45) is 0 Å². The molecule has 3 heteroatoms. The molecule has 1 nitrogen and oxygen atoms in total. The summed E-state index contributed by atoms with van der Waals surface area (Å²) in [5.74, 6) is 1.33. The van der Waals surface area contributed by atoms with Gasteiger partial charge in [-0.1, -0.05) is 57.0 Å². The molecule has 0 fully saturated rings. The summed E-state index contributed by atoms with van der Waals surface area (Å²) in [7, 11) is 0. The van der Waals surface area contributed by atoms with Gasteiger partial charge in [-0.25, -0.2) is 0 Å². The molecule has 0 atom stereocenters. The van der Waals surface area contributed by atoms with Crippen LogP contribution in [-0.4, -0.2) is 23.1 Å². The standard InChI is InChI=1S/C17H19O.BrH.Mg/c1-13(2)16-11-14(3)9-10-17(16)18-12-15-7-5-4-6-8-15;;/h4-9,11,13H,12H2,1-3H3;1H;/q-1;;+2/p-1. The van der Waals surface area contributed by atoms with Gasteiger partial charge in [-0.2, -0.15) is 17.7 Å². The van der Waals surface area contributed by atoms with E-state index in [9.17, 15) is 0 Å². The summed E-state index contributed by atoms with van der Waals surface area (Å²) in [4.78, 5) is 0. The summed E-state index contributed by atoms with van der Waals surface area (Å²) in [6.45, 7) is 7.04. The van der Waals surface area contributed by atoms with E-state index in [0.29, 0.717) is 12.5 Å². The maximum absolute atomic E-state index is 5.88. The predicted octanol–water partition coefficient (Wildman–Crippen LogP) is 1.12. The Hall–Kier alpha value is -0.514. The first-order valence-electron chi connectivity index (χ1n) is 6.36. The molecule has 0 saturated heterocycles. The normalized spacial score (nSPS) is 9.60. The molecule has 0 aliphatic heterocycles. The Morgan fingerprint density at radius 1 is 1.15 bits per heavy atom. The van der Waals surface area contributed by atoms with Gasteiger partial charge in [-0.15, -0.1) is 11.6 Å². The first kappa shape index (κ1) is 19.5. The molecule has 2 aromatic carbocycles. The van der Waals surface area contributed by atoms with Crippen molar-refractivity contribution in [2.75, 3.05) is 0 Å². The summed E-state index contributed by atoms with van der Waals surface area (Å²) in [5.41, 5.74) is 3.64. The first-order valence-corrected chi connectivity index (χ1v) is 6.36. The second-order valence-electron chi connectivity index (χ2n) is 4.89. The number of hydrogen-bond donors (Lipinski definition) is 0. The van der Waals surface area contributed by atoms with E-state index >= 15 is 0 Å². The van der Waals surface area contributed by atoms with E-state index in [1.165, 1.54) is 16.7 Å². The Kier molecular flexibility index (Phi) is 9.19. The largest absolute Gasteiger partial charge is 2.00 e. The number of rotatable bonds is 4. The van der Waals surface area contributed by atoms with Crippen molar-refractivity contribution < 1.29 is 21.7 Å². The molecule has 0 spiro atoms. The SMILES string of the molecule is Cc1c[c-]c(OCc2ccccc2)c(C(C)C)c1.[Br-].[Mg+2]. The zero-order valence-corrected chi connectivity index (χ0v) is 15.3. The molecule has 0 saturated carbocycles. The number of aryl methyl sites for hydroxylation is 1. The van der Waals surface area contributed by atoms with Crippen LogP contribution in [0.1, 0.15) is 36.5 Å². The van der Waals surface area contributed by atoms with Crippen molar-refractivity contribution in [1.82, 2.24) is 0 Å². The minimum atomic E-state index is 0. The van der Waals surface area contributed by atoms with Gasteiger partial charge in [0, 0.05) is 5.75 Å². The predicted molar refractivity (Wildman–Crippen MR) is 80.6 cm³/mol. The van der Waals surface area contributed by atoms with Crippen LogP contribution in [0.2, 0.25) is 0 Å². The fourth-order valence-corrected chi connectivity index (χ4v) is 1.90. The number of halogens is 1. The molecule has 0 aromatic heterocycles. The molecule has 0 unspecified atom stereocenters. The maximum atomic E-state index is 5.88. The molecule has 2 aromatic rings. The molecule has 0 heterocycles. The zero-order chi connectivity index (χ0) is 13.0. The van der Waals surface area contributed by atoms with Crippen LogP contribution in [0.15, 0.2) is 42.5 Å². The Labute approximate surface area is 148 Å². The molecule has 0 bridgehead atoms. The molecular formula is C17H19BrMgO. The third-order valence-electron chi connectivity index (χ3n) is 2.92. The van der Waals surface area contributed by atoms with E-state index in [-0.39, 0.29) is 40.0 Å². The molecular weight excluding hydrogens is 324 g/mol. The molecule has 0 radical (unpaired) electrons. The molecule has 20 heavy (non-hydrogen) atoms. The van der Waals surface area contributed by atoms with Crippen molar-refractivity contribution in [3.05, 3.63) is 65.2 Å². The monoisotopic (exact) mass is 342 g/mol. The van der Waals surface area contributed by atoms with Crippen LogP contribution in [-0.2, 0) is 6.61 Å². The second kappa shape index (κ2) is 9.43. The van der Waals surface area contributed by atoms with E-state index < -0.39 is 0 Å². The van der Waals surface area contributed by atoms with Crippen LogP contribution >= 0.6 is 0 Å². The second-order valence-corrected chi connectivity index (χ2v) is 4.89. The van der Waals surface area contributed by atoms with E-state index in [1.807, 2.05) is 24.3 Å². The molecule has 0 aliphatic carbocycles. The molecule has 0 N–H and O–H groups in total. The summed E-state index contributed by atoms with van der Waals surface area (Å²) in [6, 6.07) is 17.6. The van der Waals surface area contributed by atoms with Gasteiger partial charge in [-0.3, -0.25) is 0 Å². The third kappa shape index (κ3) is 5.47. The van der Waals surface area contributed by atoms with Gasteiger partial charge >= 0.3 is 23.1 Å². The fraction of sp³-hybridized carbons (Fsp3) is 0.294. The number of ether oxygens (including phenoxy) is 1. The Bertz CT molecular complexity index is 512. The van der Waals surface area contributed by atoms with Crippen molar-refractivity contribution in [1.29, 1.82) is 0 Å². The molecule has 0 amide bonds. The van der Waals surface area contributed by atoms with Gasteiger partial charge in [0.05, 0.1) is 0 Å². The first-order chi connectivity index (χ1) is 8.66. The van der Waals surface area contributed by atoms with Crippen LogP contribution < -0.4 is 21.7 Å². The van der Waals surface area contributed by atoms with Gasteiger partial charge in [0.15, 0.2) is 0 Å². The summed E-state index contributed by atoms with van der Waals surface area (Å²) in [6.07, 6.45) is 0. The quantitative estimate of drug-likeness (QED) is 0.597. The van der Waals surface area contributed by atoms with Gasteiger partial charge < -0.3 is 21.7 Å². The average molecular weight is 344 g/mol. The smallest absolute Gasteiger partial charge is 1.00 e. The Morgan fingerprint density at radius 2 is 1.80 bits per heavy atom. The fourth-order valence-electron chi connectivity index (χ4n) is 1.90. The van der Waals surface area contributed by atoms with Crippen molar-refractivity contribution in [3.8, 4) is 5.75 Å². The van der Waals surface area contributed by atoms with Crippen molar-refractivity contribution in [2.45, 2.75) is 33.3 Å². The minimum Gasteiger partial charge on any atom is -1.00 e.